The van der Waals surface area contributed by atoms with E-state index in [-0.39, 0.29) is 0 Å². The Morgan fingerprint density at radius 2 is 2.26 bits per heavy atom. The van der Waals surface area contributed by atoms with E-state index in [0.717, 1.165) is 56.2 Å². The summed E-state index contributed by atoms with van der Waals surface area (Å²) in [6.45, 7) is 6.78. The second-order valence-corrected chi connectivity index (χ2v) is 5.46. The Morgan fingerprint density at radius 1 is 1.42 bits per heavy atom. The highest BCUT2D eigenvalue weighted by molar-refractivity contribution is 6.30. The van der Waals surface area contributed by atoms with Gasteiger partial charge in [-0.05, 0) is 32.1 Å². The number of nitrogens with one attached hydrogen (secondary N) is 1. The standard InChI is InChI=1S/C14H22ClN3O/c1-3-4-12-17-13(15)10(2)14(18-12)16-7-5-11-6-8-19-9-11/h11H,3-9H2,1-2H3,(H,16,17,18). The van der Waals surface area contributed by atoms with Gasteiger partial charge < -0.3 is 10.1 Å². The number of halogens is 1. The van der Waals surface area contributed by atoms with E-state index < -0.39 is 0 Å². The fourth-order valence-corrected chi connectivity index (χ4v) is 2.43. The molecule has 19 heavy (non-hydrogen) atoms. The Balaban J connectivity index is 1.93. The van der Waals surface area contributed by atoms with Crippen molar-refractivity contribution in [3.8, 4) is 0 Å². The number of nitrogens with zero attached hydrogens (tertiary/aromatic N) is 2. The van der Waals surface area contributed by atoms with E-state index in [1.807, 2.05) is 6.92 Å². The minimum atomic E-state index is 0.560. The maximum absolute atomic E-state index is 6.15. The first-order valence-electron chi connectivity index (χ1n) is 7.05. The van der Waals surface area contributed by atoms with E-state index in [1.165, 1.54) is 6.42 Å². The van der Waals surface area contributed by atoms with Crippen LogP contribution in [0.15, 0.2) is 0 Å². The number of anilines is 1. The zero-order valence-electron chi connectivity index (χ0n) is 11.7. The minimum Gasteiger partial charge on any atom is -0.381 e. The third-order valence-electron chi connectivity index (χ3n) is 3.48. The van der Waals surface area contributed by atoms with Crippen LogP contribution >= 0.6 is 11.6 Å². The van der Waals surface area contributed by atoms with Gasteiger partial charge in [-0.1, -0.05) is 18.5 Å². The van der Waals surface area contributed by atoms with Gasteiger partial charge in [-0.15, -0.1) is 0 Å². The highest BCUT2D eigenvalue weighted by Crippen LogP contribution is 2.21. The fraction of sp³-hybridized carbons (Fsp3) is 0.714. The van der Waals surface area contributed by atoms with Crippen LogP contribution in [0.25, 0.3) is 0 Å². The summed E-state index contributed by atoms with van der Waals surface area (Å²) in [5.41, 5.74) is 0.934. The predicted molar refractivity (Wildman–Crippen MR) is 77.8 cm³/mol. The van der Waals surface area contributed by atoms with Gasteiger partial charge in [-0.2, -0.15) is 0 Å². The van der Waals surface area contributed by atoms with Crippen molar-refractivity contribution in [2.45, 2.75) is 39.5 Å². The number of rotatable bonds is 6. The van der Waals surface area contributed by atoms with Gasteiger partial charge >= 0.3 is 0 Å². The average Bonchev–Trinajstić information content (AvgIpc) is 2.88. The van der Waals surface area contributed by atoms with E-state index in [0.29, 0.717) is 11.1 Å². The molecule has 1 saturated heterocycles. The van der Waals surface area contributed by atoms with Crippen molar-refractivity contribution in [3.63, 3.8) is 0 Å². The Labute approximate surface area is 119 Å². The smallest absolute Gasteiger partial charge is 0.137 e. The summed E-state index contributed by atoms with van der Waals surface area (Å²) in [6, 6.07) is 0. The molecule has 0 spiro atoms. The summed E-state index contributed by atoms with van der Waals surface area (Å²) >= 11 is 6.15. The van der Waals surface area contributed by atoms with Crippen LogP contribution < -0.4 is 5.32 Å². The average molecular weight is 284 g/mol. The van der Waals surface area contributed by atoms with Crippen molar-refractivity contribution in [3.05, 3.63) is 16.5 Å². The SMILES string of the molecule is CCCc1nc(Cl)c(C)c(NCCC2CCOC2)n1. The number of hydrogen-bond donors (Lipinski definition) is 1. The molecule has 1 fully saturated rings. The van der Waals surface area contributed by atoms with Crippen molar-refractivity contribution in [1.29, 1.82) is 0 Å². The molecule has 5 heteroatoms. The van der Waals surface area contributed by atoms with Gasteiger partial charge in [0.15, 0.2) is 0 Å². The number of ether oxygens (including phenoxy) is 1. The normalized spacial score (nSPS) is 18.8. The first-order chi connectivity index (χ1) is 9.20. The van der Waals surface area contributed by atoms with Crippen molar-refractivity contribution in [2.24, 2.45) is 5.92 Å². The van der Waals surface area contributed by atoms with E-state index in [1.54, 1.807) is 0 Å². The molecule has 106 valence electrons. The van der Waals surface area contributed by atoms with E-state index >= 15 is 0 Å². The van der Waals surface area contributed by atoms with Crippen LogP contribution in [-0.4, -0.2) is 29.7 Å². The van der Waals surface area contributed by atoms with Gasteiger partial charge in [0.25, 0.3) is 0 Å². The van der Waals surface area contributed by atoms with Gasteiger partial charge in [-0.3, -0.25) is 0 Å². The molecule has 0 aromatic carbocycles. The monoisotopic (exact) mass is 283 g/mol. The van der Waals surface area contributed by atoms with Crippen LogP contribution in [0.5, 0.6) is 0 Å². The van der Waals surface area contributed by atoms with Crippen molar-refractivity contribution < 1.29 is 4.74 Å². The number of hydrogen-bond acceptors (Lipinski definition) is 4. The van der Waals surface area contributed by atoms with Gasteiger partial charge in [0.1, 0.15) is 16.8 Å². The molecule has 0 radical (unpaired) electrons. The Hall–Kier alpha value is -0.870. The lowest BCUT2D eigenvalue weighted by Gasteiger charge is -2.13. The molecular formula is C14H22ClN3O. The molecule has 1 aliphatic heterocycles. The van der Waals surface area contributed by atoms with Crippen LogP contribution in [0.2, 0.25) is 5.15 Å². The Bertz CT molecular complexity index is 419. The lowest BCUT2D eigenvalue weighted by Crippen LogP contribution is -2.12. The van der Waals surface area contributed by atoms with Crippen LogP contribution in [0.3, 0.4) is 0 Å². The zero-order valence-corrected chi connectivity index (χ0v) is 12.5. The van der Waals surface area contributed by atoms with Gasteiger partial charge in [0.05, 0.1) is 0 Å². The van der Waals surface area contributed by atoms with E-state index in [4.69, 9.17) is 16.3 Å². The molecule has 2 rings (SSSR count). The summed E-state index contributed by atoms with van der Waals surface area (Å²) < 4.78 is 5.38. The molecule has 0 bridgehead atoms. The molecule has 0 amide bonds. The maximum atomic E-state index is 6.15. The predicted octanol–water partition coefficient (Wildman–Crippen LogP) is 3.23. The minimum absolute atomic E-state index is 0.560. The molecule has 1 aromatic heterocycles. The van der Waals surface area contributed by atoms with Crippen LogP contribution in [0, 0.1) is 12.8 Å². The summed E-state index contributed by atoms with van der Waals surface area (Å²) in [7, 11) is 0. The number of aromatic nitrogens is 2. The highest BCUT2D eigenvalue weighted by atomic mass is 35.5. The van der Waals surface area contributed by atoms with Crippen LogP contribution in [-0.2, 0) is 11.2 Å². The topological polar surface area (TPSA) is 47.0 Å². The van der Waals surface area contributed by atoms with Crippen LogP contribution in [0.4, 0.5) is 5.82 Å². The second kappa shape index (κ2) is 7.06. The molecule has 4 nitrogen and oxygen atoms in total. The van der Waals surface area contributed by atoms with Gasteiger partial charge in [-0.25, -0.2) is 9.97 Å². The quantitative estimate of drug-likeness (QED) is 0.814. The highest BCUT2D eigenvalue weighted by Gasteiger charge is 2.15. The number of aryl methyl sites for hydroxylation is 1. The van der Waals surface area contributed by atoms with E-state index in [9.17, 15) is 0 Å². The fourth-order valence-electron chi connectivity index (χ4n) is 2.25. The Kier molecular flexibility index (Phi) is 5.40. The molecule has 0 aliphatic carbocycles. The Morgan fingerprint density at radius 3 is 2.95 bits per heavy atom. The van der Waals surface area contributed by atoms with Gasteiger partial charge in [0.2, 0.25) is 0 Å². The molecule has 1 N–H and O–H groups in total. The summed E-state index contributed by atoms with van der Waals surface area (Å²) in [5, 5.41) is 3.95. The molecule has 1 unspecified atom stereocenters. The first kappa shape index (κ1) is 14.5. The lowest BCUT2D eigenvalue weighted by molar-refractivity contribution is 0.185. The molecule has 1 aromatic rings. The summed E-state index contributed by atoms with van der Waals surface area (Å²) in [4.78, 5) is 8.85. The molecule has 1 aliphatic rings. The molecule has 1 atom stereocenters. The van der Waals surface area contributed by atoms with Crippen LogP contribution in [0.1, 0.15) is 37.6 Å². The molecule has 2 heterocycles. The van der Waals surface area contributed by atoms with Gasteiger partial charge in [0, 0.05) is 31.7 Å². The second-order valence-electron chi connectivity index (χ2n) is 5.10. The molecule has 0 saturated carbocycles. The summed E-state index contributed by atoms with van der Waals surface area (Å²) in [5.74, 6) is 2.38. The van der Waals surface area contributed by atoms with E-state index in [2.05, 4.69) is 22.2 Å². The molecular weight excluding hydrogens is 262 g/mol. The zero-order chi connectivity index (χ0) is 13.7. The third-order valence-corrected chi connectivity index (χ3v) is 3.84. The largest absolute Gasteiger partial charge is 0.381 e. The van der Waals surface area contributed by atoms with Crippen molar-refractivity contribution >= 4 is 17.4 Å². The third kappa shape index (κ3) is 4.05. The first-order valence-corrected chi connectivity index (χ1v) is 7.43. The maximum Gasteiger partial charge on any atom is 0.137 e. The lowest BCUT2D eigenvalue weighted by atomic mass is 10.1. The van der Waals surface area contributed by atoms with Crippen molar-refractivity contribution in [2.75, 3.05) is 25.1 Å². The summed E-state index contributed by atoms with van der Waals surface area (Å²) in [6.07, 6.45) is 4.18. The van der Waals surface area contributed by atoms with Crippen molar-refractivity contribution in [1.82, 2.24) is 9.97 Å².